The minimum Gasteiger partial charge on any atom is -0.497 e. The van der Waals surface area contributed by atoms with E-state index in [1.165, 1.54) is 18.0 Å². The highest BCUT2D eigenvalue weighted by Crippen LogP contribution is 2.15. The van der Waals surface area contributed by atoms with Gasteiger partial charge in [-0.15, -0.1) is 6.58 Å². The van der Waals surface area contributed by atoms with Gasteiger partial charge in [0.1, 0.15) is 11.8 Å². The van der Waals surface area contributed by atoms with Crippen molar-refractivity contribution in [3.05, 3.63) is 42.5 Å². The molecule has 0 spiro atoms. The molecule has 9 heteroatoms. The maximum Gasteiger partial charge on any atom is 0.242 e. The van der Waals surface area contributed by atoms with Crippen LogP contribution >= 0.6 is 0 Å². The Balaban J connectivity index is 3.04. The first kappa shape index (κ1) is 22.7. The van der Waals surface area contributed by atoms with Gasteiger partial charge >= 0.3 is 0 Å². The minimum absolute atomic E-state index is 0.156. The van der Waals surface area contributed by atoms with Gasteiger partial charge in [0, 0.05) is 20.1 Å². The molecule has 0 aliphatic heterocycles. The molecule has 2 amide bonds. The van der Waals surface area contributed by atoms with E-state index in [1.54, 1.807) is 38.3 Å². The molecule has 0 aromatic heterocycles. The van der Waals surface area contributed by atoms with Gasteiger partial charge in [0.2, 0.25) is 21.8 Å². The van der Waals surface area contributed by atoms with E-state index in [4.69, 9.17) is 4.74 Å². The molecule has 0 saturated heterocycles. The highest BCUT2D eigenvalue weighted by Gasteiger charge is 2.28. The number of nitrogens with one attached hydrogen (secondary N) is 1. The molecule has 150 valence electrons. The molecule has 0 bridgehead atoms. The minimum atomic E-state index is -3.52. The first-order valence-corrected chi connectivity index (χ1v) is 10.2. The van der Waals surface area contributed by atoms with Crippen molar-refractivity contribution in [2.75, 3.05) is 33.5 Å². The van der Waals surface area contributed by atoms with Gasteiger partial charge in [0.15, 0.2) is 0 Å². The van der Waals surface area contributed by atoms with Gasteiger partial charge in [-0.05, 0) is 24.6 Å². The third kappa shape index (κ3) is 7.03. The van der Waals surface area contributed by atoms with Crippen molar-refractivity contribution >= 4 is 21.8 Å². The zero-order valence-electron chi connectivity index (χ0n) is 16.1. The fraction of sp³-hybridized carbons (Fsp3) is 0.444. The Morgan fingerprint density at radius 2 is 1.89 bits per heavy atom. The van der Waals surface area contributed by atoms with E-state index in [1.807, 2.05) is 0 Å². The van der Waals surface area contributed by atoms with Crippen LogP contribution in [0.5, 0.6) is 5.75 Å². The molecule has 1 N–H and O–H groups in total. The lowest BCUT2D eigenvalue weighted by atomic mass is 10.1. The SMILES string of the molecule is C=CCNC(=O)[C@@H](C)N(Cc1ccc(OC)cc1)C(=O)CN(C)S(C)(=O)=O. The number of sulfonamides is 1. The fourth-order valence-electron chi connectivity index (χ4n) is 2.23. The average Bonchev–Trinajstić information content (AvgIpc) is 2.63. The summed E-state index contributed by atoms with van der Waals surface area (Å²) in [6.07, 6.45) is 2.56. The molecule has 1 aromatic rings. The molecule has 0 saturated carbocycles. The molecule has 27 heavy (non-hydrogen) atoms. The van der Waals surface area contributed by atoms with Crippen molar-refractivity contribution in [1.29, 1.82) is 0 Å². The molecule has 0 aliphatic carbocycles. The third-order valence-corrected chi connectivity index (χ3v) is 5.29. The lowest BCUT2D eigenvalue weighted by Gasteiger charge is -2.30. The Labute approximate surface area is 160 Å². The molecule has 0 radical (unpaired) electrons. The average molecular weight is 397 g/mol. The summed E-state index contributed by atoms with van der Waals surface area (Å²) in [7, 11) is -0.644. The van der Waals surface area contributed by atoms with Gasteiger partial charge in [-0.25, -0.2) is 8.42 Å². The van der Waals surface area contributed by atoms with Crippen LogP contribution in [-0.2, 0) is 26.2 Å². The van der Waals surface area contributed by atoms with E-state index in [0.29, 0.717) is 5.75 Å². The first-order valence-electron chi connectivity index (χ1n) is 8.32. The van der Waals surface area contributed by atoms with Crippen LogP contribution in [0.1, 0.15) is 12.5 Å². The van der Waals surface area contributed by atoms with Crippen LogP contribution in [0, 0.1) is 0 Å². The van der Waals surface area contributed by atoms with E-state index in [-0.39, 0.29) is 25.5 Å². The van der Waals surface area contributed by atoms with Crippen molar-refractivity contribution in [3.63, 3.8) is 0 Å². The van der Waals surface area contributed by atoms with Gasteiger partial charge in [0.25, 0.3) is 0 Å². The summed E-state index contributed by atoms with van der Waals surface area (Å²) >= 11 is 0. The molecule has 0 heterocycles. The molecular weight excluding hydrogens is 370 g/mol. The van der Waals surface area contributed by atoms with Crippen LogP contribution in [0.15, 0.2) is 36.9 Å². The van der Waals surface area contributed by atoms with Crippen LogP contribution in [0.3, 0.4) is 0 Å². The summed E-state index contributed by atoms with van der Waals surface area (Å²) in [6.45, 7) is 5.22. The van der Waals surface area contributed by atoms with Crippen molar-refractivity contribution in [3.8, 4) is 5.75 Å². The summed E-state index contributed by atoms with van der Waals surface area (Å²) < 4.78 is 29.3. The van der Waals surface area contributed by atoms with Crippen molar-refractivity contribution in [2.45, 2.75) is 19.5 Å². The topological polar surface area (TPSA) is 96.0 Å². The lowest BCUT2D eigenvalue weighted by Crippen LogP contribution is -2.50. The number of likely N-dealkylation sites (N-methyl/N-ethyl adjacent to an activating group) is 1. The third-order valence-electron chi connectivity index (χ3n) is 4.02. The maximum atomic E-state index is 12.7. The summed E-state index contributed by atoms with van der Waals surface area (Å²) in [6, 6.07) is 6.29. The molecule has 0 unspecified atom stereocenters. The number of ether oxygens (including phenoxy) is 1. The van der Waals surface area contributed by atoms with Crippen LogP contribution in [-0.4, -0.2) is 69.0 Å². The number of carbonyl (C=O) groups excluding carboxylic acids is 2. The normalized spacial score (nSPS) is 12.3. The number of hydrogen-bond acceptors (Lipinski definition) is 5. The van der Waals surface area contributed by atoms with E-state index in [9.17, 15) is 18.0 Å². The smallest absolute Gasteiger partial charge is 0.242 e. The van der Waals surface area contributed by atoms with E-state index >= 15 is 0 Å². The molecule has 1 atom stereocenters. The zero-order chi connectivity index (χ0) is 20.6. The largest absolute Gasteiger partial charge is 0.497 e. The molecule has 0 aliphatic rings. The van der Waals surface area contributed by atoms with E-state index in [2.05, 4.69) is 11.9 Å². The fourth-order valence-corrected chi connectivity index (χ4v) is 2.57. The van der Waals surface area contributed by atoms with Crippen LogP contribution < -0.4 is 10.1 Å². The first-order chi connectivity index (χ1) is 12.6. The van der Waals surface area contributed by atoms with E-state index < -0.39 is 22.0 Å². The number of carbonyl (C=O) groups is 2. The molecule has 0 fully saturated rings. The maximum absolute atomic E-state index is 12.7. The Hall–Kier alpha value is -2.39. The quantitative estimate of drug-likeness (QED) is 0.584. The standard InChI is InChI=1S/C18H27N3O5S/c1-6-11-19-18(23)14(2)21(17(22)13-20(3)27(5,24)25)12-15-7-9-16(26-4)10-8-15/h6-10,14H,1,11-13H2,2-5H3,(H,19,23)/t14-/m1/s1. The van der Waals surface area contributed by atoms with Crippen LogP contribution in [0.25, 0.3) is 0 Å². The van der Waals surface area contributed by atoms with E-state index in [0.717, 1.165) is 16.1 Å². The summed E-state index contributed by atoms with van der Waals surface area (Å²) in [5.41, 5.74) is 0.787. The monoisotopic (exact) mass is 397 g/mol. The van der Waals surface area contributed by atoms with Crippen LogP contribution in [0.2, 0.25) is 0 Å². The Morgan fingerprint density at radius 3 is 2.37 bits per heavy atom. The second kappa shape index (κ2) is 10.1. The summed E-state index contributed by atoms with van der Waals surface area (Å²) in [5.74, 6) is -0.149. The van der Waals surface area contributed by atoms with Gasteiger partial charge in [-0.3, -0.25) is 9.59 Å². The predicted octanol–water partition coefficient (Wildman–Crippen LogP) is 0.606. The summed E-state index contributed by atoms with van der Waals surface area (Å²) in [5, 5.41) is 2.65. The van der Waals surface area contributed by atoms with Gasteiger partial charge in [0.05, 0.1) is 19.9 Å². The molecule has 1 aromatic carbocycles. The predicted molar refractivity (Wildman–Crippen MR) is 104 cm³/mol. The molecule has 8 nitrogen and oxygen atoms in total. The number of nitrogens with zero attached hydrogens (tertiary/aromatic N) is 2. The number of methoxy groups -OCH3 is 1. The van der Waals surface area contributed by atoms with Gasteiger partial charge in [-0.1, -0.05) is 18.2 Å². The summed E-state index contributed by atoms with van der Waals surface area (Å²) in [4.78, 5) is 26.4. The second-order valence-electron chi connectivity index (χ2n) is 6.10. The van der Waals surface area contributed by atoms with Gasteiger partial charge in [-0.2, -0.15) is 4.31 Å². The number of hydrogen-bond donors (Lipinski definition) is 1. The molecular formula is C18H27N3O5S. The number of rotatable bonds is 10. The van der Waals surface area contributed by atoms with Crippen LogP contribution in [0.4, 0.5) is 0 Å². The Morgan fingerprint density at radius 1 is 1.30 bits per heavy atom. The second-order valence-corrected chi connectivity index (χ2v) is 8.19. The highest BCUT2D eigenvalue weighted by atomic mass is 32.2. The Bertz CT molecular complexity index is 762. The lowest BCUT2D eigenvalue weighted by molar-refractivity contribution is -0.140. The highest BCUT2D eigenvalue weighted by molar-refractivity contribution is 7.88. The van der Waals surface area contributed by atoms with Crippen molar-refractivity contribution < 1.29 is 22.7 Å². The van der Waals surface area contributed by atoms with Gasteiger partial charge < -0.3 is 15.0 Å². The molecule has 1 rings (SSSR count). The number of benzene rings is 1. The Kier molecular flexibility index (Phi) is 8.45. The zero-order valence-corrected chi connectivity index (χ0v) is 17.0. The van der Waals surface area contributed by atoms with Crippen molar-refractivity contribution in [1.82, 2.24) is 14.5 Å². The number of amides is 2. The van der Waals surface area contributed by atoms with Crippen molar-refractivity contribution in [2.24, 2.45) is 0 Å².